The minimum atomic E-state index is -4.60. The summed E-state index contributed by atoms with van der Waals surface area (Å²) in [6.45, 7) is 17.4. The van der Waals surface area contributed by atoms with Gasteiger partial charge in [0.25, 0.3) is 0 Å². The molecule has 0 rings (SSSR count). The van der Waals surface area contributed by atoms with E-state index in [1.807, 2.05) is 6.92 Å². The van der Waals surface area contributed by atoms with Crippen LogP contribution in [0.3, 0.4) is 0 Å². The van der Waals surface area contributed by atoms with Crippen LogP contribution >= 0.6 is 0 Å². The van der Waals surface area contributed by atoms with Gasteiger partial charge in [0, 0.05) is 40.1 Å². The van der Waals surface area contributed by atoms with E-state index in [0.717, 1.165) is 32.4 Å². The van der Waals surface area contributed by atoms with Crippen LogP contribution < -0.4 is 0 Å². The number of carbonyl (C=O) groups is 1. The standard InChI is InChI=1S/C12H23F9O3Si3.C9H18O2Si.C8H17F3OSi/c1-25(7-4-10(13,14)15)23-27(3,9-6-12(19,20)21)24-26(2,22)8-5-11(16,17)18;1-8(2)9(10)11-6-5-7-12(3)4;1-3-4-6-13(2,12)7-5-8(9,10)11/h22,25H,4-9H2,1-3H3;12H,1,5-7H2,2-4H3;12H,3-7H2,1-2H3. The molecule has 4 unspecified atom stereocenters. The van der Waals surface area contributed by atoms with Crippen LogP contribution in [0.15, 0.2) is 12.2 Å². The van der Waals surface area contributed by atoms with E-state index >= 15 is 0 Å². The first-order valence-electron chi connectivity index (χ1n) is 16.9. The van der Waals surface area contributed by atoms with Crippen LogP contribution in [0.1, 0.15) is 58.8 Å². The van der Waals surface area contributed by atoms with Crippen LogP contribution in [0.25, 0.3) is 0 Å². The summed E-state index contributed by atoms with van der Waals surface area (Å²) in [7, 11) is -13.5. The average Bonchev–Trinajstić information content (AvgIpc) is 2.93. The second-order valence-corrected chi connectivity index (χ2v) is 30.8. The summed E-state index contributed by atoms with van der Waals surface area (Å²) >= 11 is 0. The van der Waals surface area contributed by atoms with Crippen LogP contribution in [0, 0.1) is 0 Å². The Morgan fingerprint density at radius 2 is 1.13 bits per heavy atom. The summed E-state index contributed by atoms with van der Waals surface area (Å²) in [5.41, 5.74) is 0.483. The van der Waals surface area contributed by atoms with Crippen molar-refractivity contribution in [3.05, 3.63) is 12.2 Å². The molecule has 23 heteroatoms. The second-order valence-electron chi connectivity index (χ2n) is 13.9. The van der Waals surface area contributed by atoms with Crippen LogP contribution in [-0.4, -0.2) is 90.1 Å². The number of rotatable bonds is 20. The molecule has 0 radical (unpaired) electrons. The van der Waals surface area contributed by atoms with Crippen molar-refractivity contribution < 1.29 is 80.0 Å². The maximum Gasteiger partial charge on any atom is 0.389 e. The summed E-state index contributed by atoms with van der Waals surface area (Å²) in [6, 6.07) is -0.157. The van der Waals surface area contributed by atoms with Gasteiger partial charge in [0.15, 0.2) is 17.4 Å². The number of hydrogen-bond donors (Lipinski definition) is 2. The molecule has 0 saturated heterocycles. The van der Waals surface area contributed by atoms with Crippen molar-refractivity contribution >= 4 is 49.2 Å². The van der Waals surface area contributed by atoms with Gasteiger partial charge in [0.1, 0.15) is 0 Å². The quantitative estimate of drug-likeness (QED) is 0.0417. The van der Waals surface area contributed by atoms with Gasteiger partial charge in [-0.3, -0.25) is 0 Å². The smallest absolute Gasteiger partial charge is 0.389 e. The Bertz CT molecular complexity index is 994. The lowest BCUT2D eigenvalue weighted by Gasteiger charge is -2.36. The summed E-state index contributed by atoms with van der Waals surface area (Å²) in [5.74, 6) is -0.263. The van der Waals surface area contributed by atoms with E-state index in [1.54, 1.807) is 13.5 Å². The molecule has 0 spiro atoms. The van der Waals surface area contributed by atoms with Crippen molar-refractivity contribution in [1.82, 2.24) is 0 Å². The van der Waals surface area contributed by atoms with Crippen molar-refractivity contribution in [3.63, 3.8) is 0 Å². The largest absolute Gasteiger partial charge is 0.462 e. The Labute approximate surface area is 306 Å². The molecular formula is C29H58F12O6Si5. The molecule has 0 amide bonds. The summed E-state index contributed by atoms with van der Waals surface area (Å²) < 4.78 is 163. The Morgan fingerprint density at radius 3 is 1.54 bits per heavy atom. The highest BCUT2D eigenvalue weighted by Crippen LogP contribution is 2.33. The van der Waals surface area contributed by atoms with Gasteiger partial charge in [0.2, 0.25) is 0 Å². The lowest BCUT2D eigenvalue weighted by molar-refractivity contribution is -0.139. The topological polar surface area (TPSA) is 85.2 Å². The highest BCUT2D eigenvalue weighted by molar-refractivity contribution is 6.82. The van der Waals surface area contributed by atoms with Gasteiger partial charge < -0.3 is 22.6 Å². The fraction of sp³-hybridized carbons (Fsp3) is 0.897. The molecule has 0 aromatic carbocycles. The van der Waals surface area contributed by atoms with E-state index in [9.17, 15) is 67.1 Å². The summed E-state index contributed by atoms with van der Waals surface area (Å²) in [4.78, 5) is 30.7. The third-order valence-corrected chi connectivity index (χ3v) is 21.8. The Kier molecular flexibility index (Phi) is 26.5. The minimum absolute atomic E-state index is 0.0590. The highest BCUT2D eigenvalue weighted by atomic mass is 28.5. The predicted molar refractivity (Wildman–Crippen MR) is 190 cm³/mol. The van der Waals surface area contributed by atoms with Crippen LogP contribution in [0.2, 0.25) is 75.5 Å². The van der Waals surface area contributed by atoms with Crippen molar-refractivity contribution in [3.8, 4) is 0 Å². The molecule has 4 atom stereocenters. The predicted octanol–water partition coefficient (Wildman–Crippen LogP) is 10.7. The van der Waals surface area contributed by atoms with E-state index in [0.29, 0.717) is 18.2 Å². The minimum Gasteiger partial charge on any atom is -0.462 e. The number of unbranched alkanes of at least 4 members (excludes halogenated alkanes) is 1. The van der Waals surface area contributed by atoms with Gasteiger partial charge in [-0.05, 0) is 69.8 Å². The first kappa shape index (κ1) is 55.6. The summed E-state index contributed by atoms with van der Waals surface area (Å²) in [5, 5.41) is 0. The van der Waals surface area contributed by atoms with Crippen LogP contribution in [0.5, 0.6) is 0 Å². The normalized spacial score (nSPS) is 16.7. The SMILES string of the molecule is C=C(C)C(=O)OCCC[SiH](C)C.CCCC[Si](C)(O)CCC(F)(F)F.C[SiH](CCC(F)(F)F)O[Si](C)(CCC(F)(F)F)O[Si](C)(O)CCC(F)(F)F. The van der Waals surface area contributed by atoms with E-state index in [4.69, 9.17) is 13.0 Å². The molecule has 52 heavy (non-hydrogen) atoms. The third-order valence-electron chi connectivity index (χ3n) is 6.98. The molecule has 0 heterocycles. The number of esters is 1. The van der Waals surface area contributed by atoms with Crippen molar-refractivity contribution in [1.29, 1.82) is 0 Å². The molecule has 6 nitrogen and oxygen atoms in total. The lowest BCUT2D eigenvalue weighted by atomic mass is 10.4. The monoisotopic (exact) mass is 870 g/mol. The van der Waals surface area contributed by atoms with Gasteiger partial charge in [-0.1, -0.05) is 45.5 Å². The zero-order chi connectivity index (χ0) is 41.8. The van der Waals surface area contributed by atoms with Gasteiger partial charge >= 0.3 is 47.8 Å². The molecule has 2 N–H and O–H groups in total. The molecule has 0 bridgehead atoms. The lowest BCUT2D eigenvalue weighted by Crippen LogP contribution is -2.53. The second kappa shape index (κ2) is 24.7. The van der Waals surface area contributed by atoms with Crippen molar-refractivity contribution in [2.45, 2.75) is 159 Å². The van der Waals surface area contributed by atoms with Crippen molar-refractivity contribution in [2.75, 3.05) is 6.61 Å². The Balaban J connectivity index is -0.000000795. The van der Waals surface area contributed by atoms with Gasteiger partial charge in [0.05, 0.1) is 6.61 Å². The molecular weight excluding hydrogens is 813 g/mol. The van der Waals surface area contributed by atoms with Gasteiger partial charge in [-0.25, -0.2) is 4.79 Å². The molecule has 0 aliphatic heterocycles. The fourth-order valence-electron chi connectivity index (χ4n) is 4.12. The maximum atomic E-state index is 12.5. The van der Waals surface area contributed by atoms with E-state index < -0.39 is 112 Å². The fourth-order valence-corrected chi connectivity index (χ4v) is 19.0. The maximum absolute atomic E-state index is 12.5. The zero-order valence-electron chi connectivity index (χ0n) is 31.3. The molecule has 0 aromatic heterocycles. The molecule has 0 aliphatic carbocycles. The first-order chi connectivity index (χ1) is 23.0. The van der Waals surface area contributed by atoms with E-state index in [1.165, 1.54) is 12.6 Å². The Hall–Kier alpha value is -0.706. The summed E-state index contributed by atoms with van der Waals surface area (Å²) in [6.07, 6.45) is -19.8. The highest BCUT2D eigenvalue weighted by Gasteiger charge is 2.46. The van der Waals surface area contributed by atoms with Gasteiger partial charge in [-0.2, -0.15) is 52.7 Å². The third kappa shape index (κ3) is 40.5. The van der Waals surface area contributed by atoms with Crippen LogP contribution in [-0.2, 0) is 17.8 Å². The molecule has 314 valence electrons. The first-order valence-corrected chi connectivity index (χ1v) is 30.5. The van der Waals surface area contributed by atoms with E-state index in [-0.39, 0.29) is 12.0 Å². The number of halogens is 12. The molecule has 0 saturated carbocycles. The van der Waals surface area contributed by atoms with Gasteiger partial charge in [-0.15, -0.1) is 0 Å². The number of ether oxygens (including phenoxy) is 1. The Morgan fingerprint density at radius 1 is 0.692 bits per heavy atom. The van der Waals surface area contributed by atoms with Crippen molar-refractivity contribution in [2.24, 2.45) is 0 Å². The molecule has 0 aromatic rings. The zero-order valence-corrected chi connectivity index (χ0v) is 36.6. The van der Waals surface area contributed by atoms with Crippen LogP contribution in [0.4, 0.5) is 52.7 Å². The molecule has 0 fully saturated rings. The average molecular weight is 871 g/mol. The number of hydrogen-bond acceptors (Lipinski definition) is 6. The van der Waals surface area contributed by atoms with E-state index in [2.05, 4.69) is 19.7 Å². The molecule has 0 aliphatic rings. The number of alkyl halides is 12. The number of carbonyl (C=O) groups excluding carboxylic acids is 1.